The highest BCUT2D eigenvalue weighted by Gasteiger charge is 2.29. The van der Waals surface area contributed by atoms with E-state index >= 15 is 0 Å². The van der Waals surface area contributed by atoms with Gasteiger partial charge in [0.05, 0.1) is 0 Å². The van der Waals surface area contributed by atoms with E-state index < -0.39 is 5.97 Å². The molecule has 2 aliphatic rings. The maximum absolute atomic E-state index is 12.4. The molecule has 6 heteroatoms. The number of hydrogen-bond donors (Lipinski definition) is 1. The lowest BCUT2D eigenvalue weighted by Gasteiger charge is -2.17. The average Bonchev–Trinajstić information content (AvgIpc) is 3.15. The Hall–Kier alpha value is -1.85. The Kier molecular flexibility index (Phi) is 3.46. The van der Waals surface area contributed by atoms with Gasteiger partial charge in [0.2, 0.25) is 0 Å². The van der Waals surface area contributed by atoms with E-state index in [-0.39, 0.29) is 12.0 Å². The van der Waals surface area contributed by atoms with Crippen molar-refractivity contribution in [2.75, 3.05) is 18.0 Å². The lowest BCUT2D eigenvalue weighted by molar-refractivity contribution is -0.137. The second kappa shape index (κ2) is 5.26. The predicted molar refractivity (Wildman–Crippen MR) is 74.0 cm³/mol. The van der Waals surface area contributed by atoms with Crippen LogP contribution in [0.5, 0.6) is 0 Å². The molecule has 0 radical (unpaired) electrons. The van der Waals surface area contributed by atoms with Crippen LogP contribution in [-0.2, 0) is 4.79 Å². The lowest BCUT2D eigenvalue weighted by atomic mass is 10.0. The van der Waals surface area contributed by atoms with Crippen molar-refractivity contribution in [1.82, 2.24) is 9.55 Å². The minimum atomic E-state index is -0.752. The molecule has 20 heavy (non-hydrogen) atoms. The number of rotatable bonds is 5. The van der Waals surface area contributed by atoms with E-state index in [9.17, 15) is 9.59 Å². The van der Waals surface area contributed by atoms with Crippen molar-refractivity contribution >= 4 is 11.8 Å². The van der Waals surface area contributed by atoms with Crippen molar-refractivity contribution < 1.29 is 9.90 Å². The van der Waals surface area contributed by atoms with Gasteiger partial charge in [0.15, 0.2) is 5.82 Å². The van der Waals surface area contributed by atoms with E-state index in [4.69, 9.17) is 5.11 Å². The van der Waals surface area contributed by atoms with Crippen molar-refractivity contribution in [1.29, 1.82) is 0 Å². The highest BCUT2D eigenvalue weighted by Crippen LogP contribution is 2.33. The third-order valence-corrected chi connectivity index (χ3v) is 4.14. The molecule has 1 saturated heterocycles. The lowest BCUT2D eigenvalue weighted by Crippen LogP contribution is -2.31. The van der Waals surface area contributed by atoms with E-state index in [2.05, 4.69) is 4.98 Å². The zero-order valence-corrected chi connectivity index (χ0v) is 11.4. The summed E-state index contributed by atoms with van der Waals surface area (Å²) in [6.07, 6.45) is 7.42. The molecule has 1 N–H and O–H groups in total. The first-order valence-electron chi connectivity index (χ1n) is 7.19. The molecular formula is C14H19N3O3. The SMILES string of the molecule is O=C(O)CCC1CCN(c2nccn(C3CC3)c2=O)C1. The Balaban J connectivity index is 1.70. The van der Waals surface area contributed by atoms with Crippen LogP contribution < -0.4 is 10.5 Å². The third kappa shape index (κ3) is 2.69. The van der Waals surface area contributed by atoms with Crippen molar-refractivity contribution in [2.45, 2.75) is 38.1 Å². The van der Waals surface area contributed by atoms with Crippen LogP contribution in [0.2, 0.25) is 0 Å². The number of carboxylic acid groups (broad SMARTS) is 1. The van der Waals surface area contributed by atoms with E-state index in [0.29, 0.717) is 24.2 Å². The van der Waals surface area contributed by atoms with Crippen LogP contribution in [0.4, 0.5) is 5.82 Å². The van der Waals surface area contributed by atoms with Crippen LogP contribution in [-0.4, -0.2) is 33.7 Å². The van der Waals surface area contributed by atoms with Crippen LogP contribution in [0, 0.1) is 5.92 Å². The Bertz CT molecular complexity index is 565. The van der Waals surface area contributed by atoms with Crippen molar-refractivity contribution in [3.05, 3.63) is 22.7 Å². The molecule has 1 aliphatic carbocycles. The molecule has 2 heterocycles. The van der Waals surface area contributed by atoms with Gasteiger partial charge in [-0.3, -0.25) is 9.59 Å². The molecule has 0 bridgehead atoms. The standard InChI is InChI=1S/C14H19N3O3/c18-12(19)4-1-10-5-7-16(9-10)13-14(20)17(8-6-15-13)11-2-3-11/h6,8,10-11H,1-5,7,9H2,(H,18,19). The Morgan fingerprint density at radius 3 is 2.90 bits per heavy atom. The zero-order chi connectivity index (χ0) is 14.1. The fourth-order valence-electron chi connectivity index (χ4n) is 2.86. The number of hydrogen-bond acceptors (Lipinski definition) is 4. The molecule has 1 aromatic heterocycles. The third-order valence-electron chi connectivity index (χ3n) is 4.14. The van der Waals surface area contributed by atoms with E-state index in [1.807, 2.05) is 4.90 Å². The normalized spacial score (nSPS) is 22.2. The van der Waals surface area contributed by atoms with Crippen LogP contribution in [0.25, 0.3) is 0 Å². The van der Waals surface area contributed by atoms with Crippen molar-refractivity contribution in [3.8, 4) is 0 Å². The maximum atomic E-state index is 12.4. The highest BCUT2D eigenvalue weighted by molar-refractivity contribution is 5.66. The molecule has 1 aliphatic heterocycles. The molecule has 0 amide bonds. The van der Waals surface area contributed by atoms with E-state index in [1.165, 1.54) is 0 Å². The minimum Gasteiger partial charge on any atom is -0.481 e. The van der Waals surface area contributed by atoms with Gasteiger partial charge in [-0.25, -0.2) is 4.98 Å². The second-order valence-electron chi connectivity index (χ2n) is 5.73. The second-order valence-corrected chi connectivity index (χ2v) is 5.73. The van der Waals surface area contributed by atoms with Crippen LogP contribution in [0.15, 0.2) is 17.2 Å². The number of nitrogens with zero attached hydrogens (tertiary/aromatic N) is 3. The largest absolute Gasteiger partial charge is 0.481 e. The van der Waals surface area contributed by atoms with E-state index in [1.54, 1.807) is 17.0 Å². The van der Waals surface area contributed by atoms with Gasteiger partial charge in [0, 0.05) is 37.9 Å². The molecule has 108 valence electrons. The van der Waals surface area contributed by atoms with E-state index in [0.717, 1.165) is 32.4 Å². The Labute approximate surface area is 117 Å². The monoisotopic (exact) mass is 277 g/mol. The quantitative estimate of drug-likeness (QED) is 0.877. The molecule has 3 rings (SSSR count). The summed E-state index contributed by atoms with van der Waals surface area (Å²) in [4.78, 5) is 29.2. The summed E-state index contributed by atoms with van der Waals surface area (Å²) in [6.45, 7) is 1.53. The topological polar surface area (TPSA) is 75.4 Å². The Morgan fingerprint density at radius 2 is 2.20 bits per heavy atom. The smallest absolute Gasteiger partial charge is 0.303 e. The summed E-state index contributed by atoms with van der Waals surface area (Å²) in [7, 11) is 0. The van der Waals surface area contributed by atoms with Gasteiger partial charge in [-0.15, -0.1) is 0 Å². The molecular weight excluding hydrogens is 258 g/mol. The fourth-order valence-corrected chi connectivity index (χ4v) is 2.86. The van der Waals surface area contributed by atoms with Gasteiger partial charge in [0.25, 0.3) is 5.56 Å². The number of carboxylic acids is 1. The summed E-state index contributed by atoms with van der Waals surface area (Å²) in [6, 6.07) is 0.356. The Morgan fingerprint density at radius 1 is 1.40 bits per heavy atom. The first kappa shape index (κ1) is 13.1. The van der Waals surface area contributed by atoms with Crippen LogP contribution in [0.1, 0.15) is 38.1 Å². The molecule has 6 nitrogen and oxygen atoms in total. The first-order chi connectivity index (χ1) is 9.65. The van der Waals surface area contributed by atoms with Gasteiger partial charge in [-0.05, 0) is 31.6 Å². The average molecular weight is 277 g/mol. The number of anilines is 1. The number of aliphatic carboxylic acids is 1. The molecule has 1 saturated carbocycles. The van der Waals surface area contributed by atoms with Gasteiger partial charge in [-0.1, -0.05) is 0 Å². The van der Waals surface area contributed by atoms with Gasteiger partial charge in [0.1, 0.15) is 0 Å². The zero-order valence-electron chi connectivity index (χ0n) is 11.4. The molecule has 1 atom stereocenters. The molecule has 1 aromatic rings. The predicted octanol–water partition coefficient (Wildman–Crippen LogP) is 1.27. The van der Waals surface area contributed by atoms with Crippen LogP contribution in [0.3, 0.4) is 0 Å². The highest BCUT2D eigenvalue weighted by atomic mass is 16.4. The van der Waals surface area contributed by atoms with Crippen molar-refractivity contribution in [2.24, 2.45) is 5.92 Å². The fraction of sp³-hybridized carbons (Fsp3) is 0.643. The summed E-state index contributed by atoms with van der Waals surface area (Å²) >= 11 is 0. The molecule has 0 aromatic carbocycles. The van der Waals surface area contributed by atoms with Gasteiger partial charge >= 0.3 is 5.97 Å². The number of aromatic nitrogens is 2. The summed E-state index contributed by atoms with van der Waals surface area (Å²) in [5.74, 6) is 0.122. The summed E-state index contributed by atoms with van der Waals surface area (Å²) in [5.41, 5.74) is -0.00566. The summed E-state index contributed by atoms with van der Waals surface area (Å²) in [5, 5.41) is 8.73. The maximum Gasteiger partial charge on any atom is 0.303 e. The van der Waals surface area contributed by atoms with Gasteiger partial charge in [-0.2, -0.15) is 0 Å². The van der Waals surface area contributed by atoms with Gasteiger partial charge < -0.3 is 14.6 Å². The first-order valence-corrected chi connectivity index (χ1v) is 7.19. The minimum absolute atomic E-state index is 0.00566. The van der Waals surface area contributed by atoms with Crippen LogP contribution >= 0.6 is 0 Å². The molecule has 0 spiro atoms. The van der Waals surface area contributed by atoms with Crippen molar-refractivity contribution in [3.63, 3.8) is 0 Å². The molecule has 1 unspecified atom stereocenters. The number of carbonyl (C=O) groups is 1. The summed E-state index contributed by atoms with van der Waals surface area (Å²) < 4.78 is 1.78. The molecule has 2 fully saturated rings.